The van der Waals surface area contributed by atoms with Crippen LogP contribution in [0.15, 0.2) is 0 Å². The van der Waals surface area contributed by atoms with E-state index in [-0.39, 0.29) is 0 Å². The number of hydrogen-bond acceptors (Lipinski definition) is 4. The van der Waals surface area contributed by atoms with E-state index >= 15 is 0 Å². The minimum atomic E-state index is 0.813. The highest BCUT2D eigenvalue weighted by atomic mass is 15.4. The molecule has 0 aromatic carbocycles. The molecule has 0 saturated carbocycles. The molecule has 6 nitrogen and oxygen atoms in total. The molecule has 0 radical (unpaired) electrons. The number of aromatic nitrogens is 5. The normalized spacial score (nSPS) is 11.3. The zero-order valence-electron chi connectivity index (χ0n) is 13.8. The maximum atomic E-state index is 4.65. The molecule has 1 N–H and O–H groups in total. The lowest BCUT2D eigenvalue weighted by Crippen LogP contribution is -2.17. The number of nitrogens with zero attached hydrogens (tertiary/aromatic N) is 5. The van der Waals surface area contributed by atoms with Crippen molar-refractivity contribution < 1.29 is 0 Å². The molecule has 0 unspecified atom stereocenters. The van der Waals surface area contributed by atoms with Crippen LogP contribution in [0, 0.1) is 6.92 Å². The first kappa shape index (κ1) is 15.7. The van der Waals surface area contributed by atoms with Crippen LogP contribution in [0.2, 0.25) is 0 Å². The van der Waals surface area contributed by atoms with Crippen molar-refractivity contribution in [1.29, 1.82) is 0 Å². The van der Waals surface area contributed by atoms with Crippen LogP contribution in [0.25, 0.3) is 5.82 Å². The molecular weight excluding hydrogens is 264 g/mol. The Morgan fingerprint density at radius 1 is 1.10 bits per heavy atom. The predicted octanol–water partition coefficient (Wildman–Crippen LogP) is 1.93. The summed E-state index contributed by atoms with van der Waals surface area (Å²) in [6.45, 7) is 10.2. The van der Waals surface area contributed by atoms with Gasteiger partial charge in [0.1, 0.15) is 5.82 Å². The quantitative estimate of drug-likeness (QED) is 0.792. The lowest BCUT2D eigenvalue weighted by Gasteiger charge is -2.09. The van der Waals surface area contributed by atoms with Crippen LogP contribution in [0.4, 0.5) is 0 Å². The summed E-state index contributed by atoms with van der Waals surface area (Å²) >= 11 is 0. The van der Waals surface area contributed by atoms with Crippen LogP contribution in [0.1, 0.15) is 50.1 Å². The molecule has 21 heavy (non-hydrogen) atoms. The average Bonchev–Trinajstić information content (AvgIpc) is 3.00. The van der Waals surface area contributed by atoms with E-state index in [0.29, 0.717) is 0 Å². The smallest absolute Gasteiger partial charge is 0.158 e. The van der Waals surface area contributed by atoms with Gasteiger partial charge in [-0.05, 0) is 19.9 Å². The molecule has 0 amide bonds. The van der Waals surface area contributed by atoms with Gasteiger partial charge in [0.2, 0.25) is 0 Å². The van der Waals surface area contributed by atoms with Gasteiger partial charge in [0.15, 0.2) is 11.6 Å². The van der Waals surface area contributed by atoms with Gasteiger partial charge < -0.3 is 5.32 Å². The summed E-state index contributed by atoms with van der Waals surface area (Å²) in [4.78, 5) is 4.60. The Labute approximate surface area is 126 Å². The van der Waals surface area contributed by atoms with Crippen molar-refractivity contribution in [2.24, 2.45) is 7.05 Å². The zero-order valence-corrected chi connectivity index (χ0v) is 13.8. The van der Waals surface area contributed by atoms with Crippen molar-refractivity contribution in [3.05, 3.63) is 22.9 Å². The highest BCUT2D eigenvalue weighted by Crippen LogP contribution is 2.19. The first-order valence-corrected chi connectivity index (χ1v) is 7.80. The van der Waals surface area contributed by atoms with Gasteiger partial charge in [-0.3, -0.25) is 4.68 Å². The van der Waals surface area contributed by atoms with Gasteiger partial charge in [-0.1, -0.05) is 20.8 Å². The summed E-state index contributed by atoms with van der Waals surface area (Å²) in [5.41, 5.74) is 2.25. The van der Waals surface area contributed by atoms with Gasteiger partial charge in [0.05, 0.1) is 5.69 Å². The van der Waals surface area contributed by atoms with Crippen LogP contribution in [-0.2, 0) is 26.4 Å². The highest BCUT2D eigenvalue weighted by molar-refractivity contribution is 5.38. The molecule has 2 aromatic rings. The molecule has 0 spiro atoms. The Kier molecular flexibility index (Phi) is 5.12. The third kappa shape index (κ3) is 3.15. The second-order valence-corrected chi connectivity index (χ2v) is 5.25. The average molecular weight is 290 g/mol. The third-order valence-corrected chi connectivity index (χ3v) is 3.59. The molecule has 0 fully saturated rings. The summed E-state index contributed by atoms with van der Waals surface area (Å²) in [5, 5.41) is 12.7. The minimum Gasteiger partial charge on any atom is -0.312 e. The summed E-state index contributed by atoms with van der Waals surface area (Å²) in [7, 11) is 1.97. The SMILES string of the molecule is CCCNCc1c(C)nn(C)c1-n1nc(CC)nc1CC. The fourth-order valence-electron chi connectivity index (χ4n) is 2.49. The summed E-state index contributed by atoms with van der Waals surface area (Å²) in [6.07, 6.45) is 2.83. The Morgan fingerprint density at radius 2 is 1.86 bits per heavy atom. The maximum absolute atomic E-state index is 4.65. The molecule has 116 valence electrons. The van der Waals surface area contributed by atoms with Crippen LogP contribution in [-0.4, -0.2) is 31.1 Å². The van der Waals surface area contributed by atoms with E-state index in [4.69, 9.17) is 0 Å². The highest BCUT2D eigenvalue weighted by Gasteiger charge is 2.19. The summed E-state index contributed by atoms with van der Waals surface area (Å²) in [5.74, 6) is 2.91. The maximum Gasteiger partial charge on any atom is 0.158 e. The predicted molar refractivity (Wildman–Crippen MR) is 83.6 cm³/mol. The zero-order chi connectivity index (χ0) is 15.4. The van der Waals surface area contributed by atoms with Crippen LogP contribution in [0.3, 0.4) is 0 Å². The lowest BCUT2D eigenvalue weighted by molar-refractivity contribution is 0.647. The first-order valence-electron chi connectivity index (χ1n) is 7.80. The summed E-state index contributed by atoms with van der Waals surface area (Å²) < 4.78 is 3.87. The summed E-state index contributed by atoms with van der Waals surface area (Å²) in [6, 6.07) is 0. The Balaban J connectivity index is 2.45. The molecule has 0 saturated heterocycles. The van der Waals surface area contributed by atoms with E-state index in [1.165, 1.54) is 5.56 Å². The van der Waals surface area contributed by atoms with Gasteiger partial charge in [-0.15, -0.1) is 5.10 Å². The van der Waals surface area contributed by atoms with Crippen LogP contribution >= 0.6 is 0 Å². The largest absolute Gasteiger partial charge is 0.312 e. The van der Waals surface area contributed by atoms with E-state index in [0.717, 1.165) is 55.5 Å². The molecule has 0 aliphatic heterocycles. The van der Waals surface area contributed by atoms with E-state index in [9.17, 15) is 0 Å². The topological polar surface area (TPSA) is 60.6 Å². The van der Waals surface area contributed by atoms with Crippen molar-refractivity contribution >= 4 is 0 Å². The first-order chi connectivity index (χ1) is 10.1. The second-order valence-electron chi connectivity index (χ2n) is 5.25. The van der Waals surface area contributed by atoms with Gasteiger partial charge in [-0.25, -0.2) is 4.98 Å². The second kappa shape index (κ2) is 6.85. The molecule has 6 heteroatoms. The molecule has 0 aliphatic rings. The number of nitrogens with one attached hydrogen (secondary N) is 1. The molecule has 0 bridgehead atoms. The van der Waals surface area contributed by atoms with Crippen molar-refractivity contribution in [2.75, 3.05) is 6.54 Å². The molecule has 0 atom stereocenters. The van der Waals surface area contributed by atoms with Gasteiger partial charge in [0.25, 0.3) is 0 Å². The van der Waals surface area contributed by atoms with E-state index < -0.39 is 0 Å². The Morgan fingerprint density at radius 3 is 2.48 bits per heavy atom. The van der Waals surface area contributed by atoms with Crippen molar-refractivity contribution in [3.8, 4) is 5.82 Å². The van der Waals surface area contributed by atoms with Crippen molar-refractivity contribution in [1.82, 2.24) is 29.9 Å². The van der Waals surface area contributed by atoms with Crippen LogP contribution < -0.4 is 5.32 Å². The number of rotatable bonds is 7. The van der Waals surface area contributed by atoms with E-state index in [1.807, 2.05) is 16.4 Å². The monoisotopic (exact) mass is 290 g/mol. The van der Waals surface area contributed by atoms with E-state index in [1.54, 1.807) is 0 Å². The molecule has 2 rings (SSSR count). The molecular formula is C15H26N6. The molecule has 2 aromatic heterocycles. The lowest BCUT2D eigenvalue weighted by atomic mass is 10.2. The third-order valence-electron chi connectivity index (χ3n) is 3.59. The van der Waals surface area contributed by atoms with Gasteiger partial charge >= 0.3 is 0 Å². The number of aryl methyl sites for hydroxylation is 4. The Hall–Kier alpha value is -1.69. The Bertz CT molecular complexity index is 596. The van der Waals surface area contributed by atoms with Gasteiger partial charge in [-0.2, -0.15) is 9.78 Å². The fraction of sp³-hybridized carbons (Fsp3) is 0.667. The molecule has 2 heterocycles. The number of hydrogen-bond donors (Lipinski definition) is 1. The van der Waals surface area contributed by atoms with Crippen molar-refractivity contribution in [2.45, 2.75) is 53.5 Å². The van der Waals surface area contributed by atoms with Gasteiger partial charge in [0, 0.05) is 32.0 Å². The van der Waals surface area contributed by atoms with Crippen molar-refractivity contribution in [3.63, 3.8) is 0 Å². The minimum absolute atomic E-state index is 0.813. The van der Waals surface area contributed by atoms with E-state index in [2.05, 4.69) is 48.2 Å². The van der Waals surface area contributed by atoms with Crippen LogP contribution in [0.5, 0.6) is 0 Å². The molecule has 0 aliphatic carbocycles. The fourth-order valence-corrected chi connectivity index (χ4v) is 2.49. The standard InChI is InChI=1S/C15H26N6/c1-6-9-16-10-12-11(4)18-20(5)15(12)21-14(8-3)17-13(7-2)19-21/h16H,6-10H2,1-5H3.